The van der Waals surface area contributed by atoms with E-state index in [4.69, 9.17) is 31.5 Å². The van der Waals surface area contributed by atoms with E-state index >= 15 is 4.79 Å². The molecule has 13 nitrogen and oxygen atoms in total. The Balaban J connectivity index is 1.89. The predicted octanol–water partition coefficient (Wildman–Crippen LogP) is 3.38. The number of likely N-dealkylation sites (N-methyl/N-ethyl adjacent to an activating group) is 2. The van der Waals surface area contributed by atoms with Gasteiger partial charge in [0.25, 0.3) is 15.9 Å². The zero-order valence-electron chi connectivity index (χ0n) is 28.0. The van der Waals surface area contributed by atoms with Crippen LogP contribution in [0, 0.1) is 6.92 Å². The molecule has 3 N–H and O–H groups in total. The van der Waals surface area contributed by atoms with Gasteiger partial charge in [-0.25, -0.2) is 8.42 Å². The number of sulfonamides is 1. The van der Waals surface area contributed by atoms with Gasteiger partial charge in [-0.3, -0.25) is 18.9 Å². The highest BCUT2D eigenvalue weighted by molar-refractivity contribution is 7.93. The lowest BCUT2D eigenvalue weighted by molar-refractivity contribution is -0.953. The van der Waals surface area contributed by atoms with Crippen molar-refractivity contribution in [1.29, 1.82) is 0 Å². The maximum Gasteiger partial charge on any atom is 0.573 e. The van der Waals surface area contributed by atoms with Gasteiger partial charge in [0.15, 0.2) is 11.8 Å². The molecule has 1 saturated heterocycles. The number of carbonyl (C=O) groups excluding carboxylic acids is 3. The van der Waals surface area contributed by atoms with Crippen LogP contribution in [0.1, 0.15) is 23.1 Å². The number of hydrogen-bond acceptors (Lipinski definition) is 9. The Morgan fingerprint density at radius 1 is 1.06 bits per heavy atom. The van der Waals surface area contributed by atoms with Gasteiger partial charge in [0, 0.05) is 24.6 Å². The van der Waals surface area contributed by atoms with Gasteiger partial charge in [-0.05, 0) is 49.4 Å². The van der Waals surface area contributed by atoms with Gasteiger partial charge in [-0.2, -0.15) is 4.31 Å². The number of halogens is 4. The van der Waals surface area contributed by atoms with E-state index in [1.54, 1.807) is 32.2 Å². The molecular formula is C33H35ClF3N4O9S+. The van der Waals surface area contributed by atoms with Crippen LogP contribution in [0.2, 0.25) is 5.02 Å². The molecule has 3 amide bonds. The Kier molecular flexibility index (Phi) is 9.99. The summed E-state index contributed by atoms with van der Waals surface area (Å²) < 4.78 is 91.0. The molecule has 51 heavy (non-hydrogen) atoms. The number of carbonyl (C=O) groups is 3. The number of rotatable bonds is 11. The van der Waals surface area contributed by atoms with Crippen LogP contribution in [-0.2, 0) is 34.7 Å². The average molecular weight is 756 g/mol. The molecule has 2 unspecified atom stereocenters. The van der Waals surface area contributed by atoms with Crippen LogP contribution in [0.5, 0.6) is 17.2 Å². The van der Waals surface area contributed by atoms with Gasteiger partial charge < -0.3 is 30.0 Å². The van der Waals surface area contributed by atoms with Crippen molar-refractivity contribution in [3.8, 4) is 17.2 Å². The van der Waals surface area contributed by atoms with Crippen molar-refractivity contribution in [2.45, 2.75) is 42.3 Å². The summed E-state index contributed by atoms with van der Waals surface area (Å²) in [5.74, 6) is -3.68. The number of anilines is 1. The lowest BCUT2D eigenvalue weighted by Crippen LogP contribution is -2.69. The number of hydrogen-bond donors (Lipinski definition) is 2. The molecule has 3 aromatic rings. The smallest absolute Gasteiger partial charge is 0.497 e. The lowest BCUT2D eigenvalue weighted by Gasteiger charge is -2.48. The van der Waals surface area contributed by atoms with Gasteiger partial charge in [0.1, 0.15) is 35.7 Å². The fourth-order valence-corrected chi connectivity index (χ4v) is 8.91. The Morgan fingerprint density at radius 3 is 2.37 bits per heavy atom. The maximum atomic E-state index is 15.6. The van der Waals surface area contributed by atoms with E-state index in [1.807, 2.05) is 0 Å². The van der Waals surface area contributed by atoms with Gasteiger partial charge >= 0.3 is 12.3 Å². The molecular weight excluding hydrogens is 721 g/mol. The van der Waals surface area contributed by atoms with Crippen LogP contribution >= 0.6 is 11.6 Å². The van der Waals surface area contributed by atoms with E-state index < -0.39 is 73.5 Å². The largest absolute Gasteiger partial charge is 0.573 e. The van der Waals surface area contributed by atoms with Crippen molar-refractivity contribution >= 4 is 45.0 Å². The number of amides is 3. The monoisotopic (exact) mass is 755 g/mol. The number of likely N-dealkylation sites (tertiary alicyclic amines) is 1. The van der Waals surface area contributed by atoms with E-state index in [-0.39, 0.29) is 46.3 Å². The Bertz CT molecular complexity index is 2020. The molecule has 0 aliphatic carbocycles. The summed E-state index contributed by atoms with van der Waals surface area (Å²) in [5, 5.41) is 2.68. The van der Waals surface area contributed by atoms with E-state index in [2.05, 4.69) is 10.1 Å². The van der Waals surface area contributed by atoms with Crippen molar-refractivity contribution in [3.63, 3.8) is 0 Å². The molecule has 0 aromatic heterocycles. The first kappa shape index (κ1) is 37.7. The summed E-state index contributed by atoms with van der Waals surface area (Å²) in [6.45, 7) is 1.06. The first-order chi connectivity index (χ1) is 23.8. The van der Waals surface area contributed by atoms with E-state index in [0.717, 1.165) is 25.3 Å². The number of nitrogens with two attached hydrogens (primary N) is 1. The van der Waals surface area contributed by atoms with Crippen molar-refractivity contribution in [1.82, 2.24) is 5.32 Å². The number of benzene rings is 3. The van der Waals surface area contributed by atoms with Crippen LogP contribution < -0.4 is 29.6 Å². The molecule has 5 rings (SSSR count). The zero-order valence-corrected chi connectivity index (χ0v) is 29.6. The number of primary amides is 1. The van der Waals surface area contributed by atoms with Crippen molar-refractivity contribution in [2.24, 2.45) is 5.73 Å². The average Bonchev–Trinajstić information content (AvgIpc) is 3.54. The molecule has 274 valence electrons. The third-order valence-corrected chi connectivity index (χ3v) is 11.2. The Morgan fingerprint density at radius 2 is 1.76 bits per heavy atom. The second-order valence-corrected chi connectivity index (χ2v) is 14.4. The highest BCUT2D eigenvalue weighted by Crippen LogP contribution is 2.58. The van der Waals surface area contributed by atoms with Crippen LogP contribution in [0.15, 0.2) is 59.5 Å². The van der Waals surface area contributed by atoms with Crippen LogP contribution in [-0.4, -0.2) is 90.6 Å². The molecule has 4 atom stereocenters. The summed E-state index contributed by atoms with van der Waals surface area (Å²) in [6.07, 6.45) is -6.23. The SMILES string of the molecule is CNC(=O)[C@@H]1C[C@@H](OCC(N)=O)C[N+]1(C)C1(c2cc(C)ccc2OC)C(=O)N(S(=O)(=O)c2ccc(OC)cc2OC(F)(F)F)c2ccc(Cl)cc21. The number of nitrogens with zero attached hydrogens (tertiary/aromatic N) is 2. The third-order valence-electron chi connectivity index (χ3n) is 9.23. The number of methoxy groups -OCH3 is 2. The fraction of sp³-hybridized carbons (Fsp3) is 0.364. The number of ether oxygens (including phenoxy) is 4. The Hall–Kier alpha value is -4.58. The molecule has 2 heterocycles. The summed E-state index contributed by atoms with van der Waals surface area (Å²) in [4.78, 5) is 40.1. The molecule has 1 fully saturated rings. The topological polar surface area (TPSA) is 164 Å². The van der Waals surface area contributed by atoms with E-state index in [0.29, 0.717) is 9.87 Å². The van der Waals surface area contributed by atoms with Gasteiger partial charge in [-0.1, -0.05) is 23.2 Å². The maximum absolute atomic E-state index is 15.6. The minimum absolute atomic E-state index is 0.00577. The number of nitrogens with one attached hydrogen (secondary N) is 1. The second kappa shape index (κ2) is 13.5. The predicted molar refractivity (Wildman–Crippen MR) is 177 cm³/mol. The van der Waals surface area contributed by atoms with E-state index in [9.17, 15) is 31.2 Å². The number of aryl methyl sites for hydroxylation is 1. The van der Waals surface area contributed by atoms with Crippen LogP contribution in [0.25, 0.3) is 0 Å². The molecule has 0 saturated carbocycles. The normalized spacial score (nSPS) is 23.2. The standard InChI is InChI=1S/C33H34ClF3N4O9S/c1-18-6-10-26(48-5)23(12-18)32(41(3)16-21(49-17-29(38)42)14-25(41)30(43)39-2)22-13-19(34)7-9-24(22)40(31(32)44)51(45,46)28-11-8-20(47-4)15-27(28)50-33(35,36)37/h6-13,15,21,25H,14,16-17H2,1-5H3,(H2-,38,39,42,43)/p+1/t21-,25+,32?,41?/m1/s1. The van der Waals surface area contributed by atoms with Crippen LogP contribution in [0.4, 0.5) is 18.9 Å². The van der Waals surface area contributed by atoms with Gasteiger partial charge in [-0.15, -0.1) is 13.2 Å². The highest BCUT2D eigenvalue weighted by atomic mass is 35.5. The van der Waals surface area contributed by atoms with E-state index in [1.165, 1.54) is 32.4 Å². The third kappa shape index (κ3) is 6.32. The van der Waals surface area contributed by atoms with Crippen molar-refractivity contribution in [2.75, 3.05) is 45.8 Å². The van der Waals surface area contributed by atoms with Crippen LogP contribution in [0.3, 0.4) is 0 Å². The summed E-state index contributed by atoms with van der Waals surface area (Å²) in [7, 11) is 0.173. The fourth-order valence-electron chi connectivity index (χ4n) is 7.18. The number of fused-ring (bicyclic) bond motifs is 1. The first-order valence-electron chi connectivity index (χ1n) is 15.3. The number of alkyl halides is 3. The Labute approximate surface area is 296 Å². The highest BCUT2D eigenvalue weighted by Gasteiger charge is 2.72. The lowest BCUT2D eigenvalue weighted by atomic mass is 9.78. The zero-order chi connectivity index (χ0) is 37.7. The summed E-state index contributed by atoms with van der Waals surface area (Å²) >= 11 is 6.56. The van der Waals surface area contributed by atoms with Gasteiger partial charge in [0.05, 0.1) is 38.1 Å². The summed E-state index contributed by atoms with van der Waals surface area (Å²) in [6, 6.07) is 10.3. The molecule has 0 spiro atoms. The molecule has 2 aliphatic heterocycles. The first-order valence-corrected chi connectivity index (χ1v) is 17.1. The minimum Gasteiger partial charge on any atom is -0.497 e. The van der Waals surface area contributed by atoms with Crippen molar-refractivity contribution in [3.05, 3.63) is 76.3 Å². The minimum atomic E-state index is -5.33. The molecule has 3 aromatic carbocycles. The quantitative estimate of drug-likeness (QED) is 0.280. The van der Waals surface area contributed by atoms with Gasteiger partial charge in [0.2, 0.25) is 11.4 Å². The molecule has 0 radical (unpaired) electrons. The molecule has 0 bridgehead atoms. The van der Waals surface area contributed by atoms with Crippen molar-refractivity contribution < 1.29 is 59.4 Å². The molecule has 2 aliphatic rings. The number of quaternary nitrogens is 1. The molecule has 18 heteroatoms. The second-order valence-electron chi connectivity index (χ2n) is 12.2. The summed E-state index contributed by atoms with van der Waals surface area (Å²) in [5.41, 5.74) is 3.66.